The summed E-state index contributed by atoms with van der Waals surface area (Å²) in [5, 5.41) is 12.0. The summed E-state index contributed by atoms with van der Waals surface area (Å²) in [4.78, 5) is 36.9. The lowest BCUT2D eigenvalue weighted by atomic mass is 10.1. The average molecular weight is 482 g/mol. The van der Waals surface area contributed by atoms with E-state index in [2.05, 4.69) is 25.2 Å². The third kappa shape index (κ3) is 6.29. The van der Waals surface area contributed by atoms with Crippen LogP contribution in [-0.2, 0) is 4.79 Å². The van der Waals surface area contributed by atoms with Crippen LogP contribution in [0.5, 0.6) is 5.75 Å². The number of hydrogen-bond acceptors (Lipinski definition) is 6. The number of likely N-dealkylation sites (tertiary alicyclic amines) is 1. The number of amides is 1. The highest BCUT2D eigenvalue weighted by atomic mass is 16.5. The Bertz CT molecular complexity index is 1190. The van der Waals surface area contributed by atoms with Gasteiger partial charge in [-0.3, -0.25) is 9.59 Å². The van der Waals surface area contributed by atoms with Gasteiger partial charge in [0.05, 0.1) is 18.3 Å². The summed E-state index contributed by atoms with van der Waals surface area (Å²) in [6.45, 7) is 7.58. The predicted molar refractivity (Wildman–Crippen MR) is 137 cm³/mol. The molecule has 1 amide bonds. The molecule has 4 N–H and O–H groups in total. The molecule has 188 valence electrons. The largest absolute Gasteiger partial charge is 0.490 e. The molecule has 35 heavy (non-hydrogen) atoms. The quantitative estimate of drug-likeness (QED) is 0.409. The van der Waals surface area contributed by atoms with Crippen LogP contribution in [-0.4, -0.2) is 63.2 Å². The molecule has 4 heterocycles. The lowest BCUT2D eigenvalue weighted by molar-refractivity contribution is -0.117. The van der Waals surface area contributed by atoms with Crippen molar-refractivity contribution in [2.45, 2.75) is 52.1 Å². The van der Waals surface area contributed by atoms with Crippen molar-refractivity contribution in [3.63, 3.8) is 0 Å². The zero-order valence-corrected chi connectivity index (χ0v) is 20.5. The van der Waals surface area contributed by atoms with Gasteiger partial charge in [0.1, 0.15) is 17.2 Å². The molecule has 3 fully saturated rings. The number of anilines is 1. The molecule has 9 heteroatoms. The summed E-state index contributed by atoms with van der Waals surface area (Å²) in [6, 6.07) is 5.41. The van der Waals surface area contributed by atoms with Crippen LogP contribution in [0.4, 0.5) is 5.82 Å². The van der Waals surface area contributed by atoms with Crippen LogP contribution in [0.2, 0.25) is 0 Å². The molecule has 0 radical (unpaired) electrons. The van der Waals surface area contributed by atoms with E-state index in [1.165, 1.54) is 19.5 Å². The summed E-state index contributed by atoms with van der Waals surface area (Å²) in [6.07, 6.45) is 8.81. The van der Waals surface area contributed by atoms with E-state index in [1.54, 1.807) is 24.5 Å². The van der Waals surface area contributed by atoms with Crippen LogP contribution in [0.1, 0.15) is 46.0 Å². The number of β-amino-alcohol motifs (C(OH)–C–C–N with tert-alkyl or cyclic N) is 1. The maximum Gasteiger partial charge on any atom is 0.259 e. The van der Waals surface area contributed by atoms with Gasteiger partial charge in [-0.15, -0.1) is 0 Å². The van der Waals surface area contributed by atoms with Crippen molar-refractivity contribution < 1.29 is 14.6 Å². The Balaban J connectivity index is 0.000000275. The molecular formula is C26H35N5O4. The molecule has 9 nitrogen and oxygen atoms in total. The van der Waals surface area contributed by atoms with Gasteiger partial charge in [-0.25, -0.2) is 4.98 Å². The van der Waals surface area contributed by atoms with E-state index in [0.29, 0.717) is 29.4 Å². The van der Waals surface area contributed by atoms with Gasteiger partial charge in [0, 0.05) is 35.8 Å². The van der Waals surface area contributed by atoms with Crippen molar-refractivity contribution in [1.82, 2.24) is 19.9 Å². The van der Waals surface area contributed by atoms with Crippen LogP contribution in [0.25, 0.3) is 22.2 Å². The molecule has 0 unspecified atom stereocenters. The second-order valence-corrected chi connectivity index (χ2v) is 8.84. The first-order valence-electron chi connectivity index (χ1n) is 12.6. The van der Waals surface area contributed by atoms with Gasteiger partial charge in [-0.05, 0) is 63.4 Å². The number of nitrogens with zero attached hydrogens (tertiary/aromatic N) is 2. The zero-order chi connectivity index (χ0) is 24.8. The molecule has 0 bridgehead atoms. The number of aromatic amines is 2. The monoisotopic (exact) mass is 481 g/mol. The van der Waals surface area contributed by atoms with Gasteiger partial charge < -0.3 is 30.0 Å². The molecule has 0 atom stereocenters. The van der Waals surface area contributed by atoms with Gasteiger partial charge in [0.15, 0.2) is 0 Å². The lowest BCUT2D eigenvalue weighted by Crippen LogP contribution is -2.38. The molecule has 0 aromatic carbocycles. The molecule has 3 aliphatic rings. The number of aliphatic hydroxyl groups is 1. The Kier molecular flexibility index (Phi) is 8.20. The number of pyridine rings is 2. The summed E-state index contributed by atoms with van der Waals surface area (Å²) < 4.78 is 5.91. The topological polar surface area (TPSA) is 123 Å². The predicted octanol–water partition coefficient (Wildman–Crippen LogP) is 3.52. The van der Waals surface area contributed by atoms with Crippen molar-refractivity contribution in [3.8, 4) is 16.9 Å². The number of carbonyl (C=O) groups excluding carboxylic acids is 1. The van der Waals surface area contributed by atoms with Crippen molar-refractivity contribution in [2.24, 2.45) is 5.92 Å². The van der Waals surface area contributed by atoms with E-state index in [0.717, 1.165) is 43.2 Å². The van der Waals surface area contributed by atoms with Gasteiger partial charge in [-0.1, -0.05) is 13.8 Å². The fraction of sp³-hybridized carbons (Fsp3) is 0.500. The van der Waals surface area contributed by atoms with E-state index < -0.39 is 0 Å². The Labute approximate surface area is 204 Å². The lowest BCUT2D eigenvalue weighted by Gasteiger charge is -2.29. The number of rotatable bonds is 7. The highest BCUT2D eigenvalue weighted by Crippen LogP contribution is 2.36. The number of nitrogens with one attached hydrogen (secondary N) is 3. The zero-order valence-electron chi connectivity index (χ0n) is 20.5. The molecule has 3 aromatic heterocycles. The number of aliphatic hydroxyl groups excluding tert-OH is 1. The molecule has 1 aliphatic heterocycles. The van der Waals surface area contributed by atoms with Gasteiger partial charge >= 0.3 is 0 Å². The van der Waals surface area contributed by atoms with Crippen molar-refractivity contribution in [1.29, 1.82) is 0 Å². The minimum atomic E-state index is -0.199. The number of ether oxygens (including phenoxy) is 1. The second-order valence-electron chi connectivity index (χ2n) is 8.84. The van der Waals surface area contributed by atoms with Crippen LogP contribution in [0, 0.1) is 5.92 Å². The smallest absolute Gasteiger partial charge is 0.259 e. The minimum absolute atomic E-state index is 0.0169. The van der Waals surface area contributed by atoms with Gasteiger partial charge in [-0.2, -0.15) is 0 Å². The molecule has 2 aliphatic carbocycles. The fourth-order valence-corrected chi connectivity index (χ4v) is 3.78. The van der Waals surface area contributed by atoms with Crippen LogP contribution < -0.4 is 15.6 Å². The Morgan fingerprint density at radius 3 is 2.54 bits per heavy atom. The highest BCUT2D eigenvalue weighted by molar-refractivity contribution is 5.98. The highest BCUT2D eigenvalue weighted by Gasteiger charge is 2.30. The van der Waals surface area contributed by atoms with Crippen molar-refractivity contribution in [2.75, 3.05) is 31.6 Å². The molecule has 2 saturated carbocycles. The molecular weight excluding hydrogens is 446 g/mol. The number of aromatic nitrogens is 3. The van der Waals surface area contributed by atoms with E-state index >= 15 is 0 Å². The standard InChI is InChI=1S/C19H18N4O3.C5H11NO.C2H6/c24-18(10-1-2-10)23-15-6-5-12-13(9-21-17(12)22-15)16-14(26-11-3-4-11)7-8-20-19(16)25;7-5-4-6-2-1-3-6;1-2/h5-11H,1-4H2,(H,20,25)(H2,21,22,23,24);7H,1-5H2;1-2H3. The first-order chi connectivity index (χ1) is 17.1. The Hall–Kier alpha value is -3.17. The maximum atomic E-state index is 12.5. The van der Waals surface area contributed by atoms with Crippen molar-refractivity contribution in [3.05, 3.63) is 40.9 Å². The average Bonchev–Trinajstić information content (AvgIpc) is 3.77. The van der Waals surface area contributed by atoms with Crippen molar-refractivity contribution >= 4 is 22.8 Å². The Morgan fingerprint density at radius 2 is 1.94 bits per heavy atom. The second kappa shape index (κ2) is 11.5. The molecule has 0 spiro atoms. The first-order valence-corrected chi connectivity index (χ1v) is 12.6. The first kappa shape index (κ1) is 24.9. The maximum absolute atomic E-state index is 12.5. The van der Waals surface area contributed by atoms with Crippen LogP contribution in [0.3, 0.4) is 0 Å². The number of fused-ring (bicyclic) bond motifs is 1. The van der Waals surface area contributed by atoms with Gasteiger partial charge in [0.2, 0.25) is 5.91 Å². The summed E-state index contributed by atoms with van der Waals surface area (Å²) >= 11 is 0. The molecule has 3 aromatic rings. The number of carbonyl (C=O) groups is 1. The van der Waals surface area contributed by atoms with E-state index in [4.69, 9.17) is 9.84 Å². The van der Waals surface area contributed by atoms with E-state index in [9.17, 15) is 9.59 Å². The Morgan fingerprint density at radius 1 is 1.17 bits per heavy atom. The van der Waals surface area contributed by atoms with E-state index in [1.807, 2.05) is 19.9 Å². The summed E-state index contributed by atoms with van der Waals surface area (Å²) in [5.74, 6) is 1.24. The third-order valence-corrected chi connectivity index (χ3v) is 6.11. The third-order valence-electron chi connectivity index (χ3n) is 6.11. The van der Waals surface area contributed by atoms with Gasteiger partial charge in [0.25, 0.3) is 5.56 Å². The number of hydrogen-bond donors (Lipinski definition) is 4. The van der Waals surface area contributed by atoms with Crippen LogP contribution >= 0.6 is 0 Å². The molecule has 1 saturated heterocycles. The fourth-order valence-electron chi connectivity index (χ4n) is 3.78. The van der Waals surface area contributed by atoms with Crippen LogP contribution in [0.15, 0.2) is 35.4 Å². The summed E-state index contributed by atoms with van der Waals surface area (Å²) in [5.41, 5.74) is 1.66. The van der Waals surface area contributed by atoms with E-state index in [-0.39, 0.29) is 23.5 Å². The minimum Gasteiger partial charge on any atom is -0.490 e. The SMILES string of the molecule is CC.O=C(Nc1ccc2c(-c3c(OC4CC4)cc[nH]c3=O)c[nH]c2n1)C1CC1.OCCN1CCC1. The number of H-pyrrole nitrogens is 2. The summed E-state index contributed by atoms with van der Waals surface area (Å²) in [7, 11) is 0. The molecule has 6 rings (SSSR count). The normalized spacial score (nSPS) is 16.9.